The molecule has 172 valence electrons. The average molecular weight is 450 g/mol. The summed E-state index contributed by atoms with van der Waals surface area (Å²) in [7, 11) is 2.17. The van der Waals surface area contributed by atoms with Crippen molar-refractivity contribution in [3.8, 4) is 5.88 Å². The van der Waals surface area contributed by atoms with E-state index in [0.717, 1.165) is 31.4 Å². The van der Waals surface area contributed by atoms with Crippen molar-refractivity contribution in [3.63, 3.8) is 0 Å². The number of rotatable bonds is 6. The minimum absolute atomic E-state index is 0.202. The summed E-state index contributed by atoms with van der Waals surface area (Å²) in [6.45, 7) is 4.44. The molecule has 3 aromatic heterocycles. The molecule has 4 heterocycles. The lowest BCUT2D eigenvalue weighted by Crippen LogP contribution is -2.60. The Morgan fingerprint density at radius 3 is 2.64 bits per heavy atom. The van der Waals surface area contributed by atoms with Crippen molar-refractivity contribution in [1.29, 1.82) is 0 Å². The summed E-state index contributed by atoms with van der Waals surface area (Å²) in [4.78, 5) is 16.2. The zero-order valence-electron chi connectivity index (χ0n) is 19.0. The molecule has 0 unspecified atom stereocenters. The highest BCUT2D eigenvalue weighted by Gasteiger charge is 2.51. The van der Waals surface area contributed by atoms with Crippen LogP contribution in [0.4, 0.5) is 16.0 Å². The monoisotopic (exact) mass is 449 g/mol. The van der Waals surface area contributed by atoms with E-state index in [1.54, 1.807) is 6.20 Å². The van der Waals surface area contributed by atoms with E-state index in [0.29, 0.717) is 40.0 Å². The number of hydrogen-bond acceptors (Lipinski definition) is 7. The second-order valence-corrected chi connectivity index (χ2v) is 11.0. The van der Waals surface area contributed by atoms with Crippen LogP contribution in [-0.2, 0) is 0 Å². The van der Waals surface area contributed by atoms with Gasteiger partial charge in [-0.05, 0) is 57.9 Å². The van der Waals surface area contributed by atoms with Crippen LogP contribution in [0.2, 0.25) is 0 Å². The van der Waals surface area contributed by atoms with Gasteiger partial charge in [-0.25, -0.2) is 14.4 Å². The molecule has 0 amide bonds. The third kappa shape index (κ3) is 3.44. The average Bonchev–Trinajstić information content (AvgIpc) is 3.64. The summed E-state index contributed by atoms with van der Waals surface area (Å²) in [5.41, 5.74) is 2.59. The Hall–Kier alpha value is -2.81. The lowest BCUT2D eigenvalue weighted by atomic mass is 9.61. The van der Waals surface area contributed by atoms with E-state index in [9.17, 15) is 4.39 Å². The quantitative estimate of drug-likeness (QED) is 0.605. The third-order valence-corrected chi connectivity index (χ3v) is 7.66. The summed E-state index contributed by atoms with van der Waals surface area (Å²) >= 11 is 0. The second-order valence-electron chi connectivity index (χ2n) is 11.0. The van der Waals surface area contributed by atoms with Crippen molar-refractivity contribution >= 4 is 22.7 Å². The molecular formula is C24H28FN7O. The Labute approximate surface area is 191 Å². The standard InChI is InChI=1S/C24H28FN7O/c1-23(5-6-23)33-21-20-18(7-17(25)19(29-20)14-3-4-14)28-22(30-21)27-15-10-26-32(11-15)16-8-24(9-16)12-31(2)13-24/h7,10-11,14,16H,3-6,8-9,12-13H2,1-2H3,(H,27,28,30). The van der Waals surface area contributed by atoms with E-state index in [2.05, 4.69) is 44.2 Å². The van der Waals surface area contributed by atoms with Crippen molar-refractivity contribution in [2.24, 2.45) is 5.41 Å². The molecule has 7 rings (SSSR count). The van der Waals surface area contributed by atoms with Gasteiger partial charge in [0.25, 0.3) is 0 Å². The van der Waals surface area contributed by atoms with E-state index >= 15 is 0 Å². The van der Waals surface area contributed by atoms with Gasteiger partial charge in [0.2, 0.25) is 11.8 Å². The number of fused-ring (bicyclic) bond motifs is 1. The molecule has 1 aliphatic heterocycles. The molecule has 1 saturated heterocycles. The predicted molar refractivity (Wildman–Crippen MR) is 121 cm³/mol. The number of pyridine rings is 1. The first-order chi connectivity index (χ1) is 15.9. The van der Waals surface area contributed by atoms with Gasteiger partial charge in [-0.15, -0.1) is 0 Å². The van der Waals surface area contributed by atoms with Crippen LogP contribution in [0.5, 0.6) is 5.88 Å². The molecule has 0 radical (unpaired) electrons. The number of likely N-dealkylation sites (tertiary alicyclic amines) is 1. The Morgan fingerprint density at radius 1 is 1.15 bits per heavy atom. The summed E-state index contributed by atoms with van der Waals surface area (Å²) in [5.74, 6) is 0.694. The predicted octanol–water partition coefficient (Wildman–Crippen LogP) is 4.18. The number of hydrogen-bond donors (Lipinski definition) is 1. The molecule has 4 fully saturated rings. The third-order valence-electron chi connectivity index (χ3n) is 7.66. The first kappa shape index (κ1) is 19.6. The molecule has 9 heteroatoms. The molecule has 1 N–H and O–H groups in total. The van der Waals surface area contributed by atoms with Gasteiger partial charge in [0, 0.05) is 31.3 Å². The minimum atomic E-state index is -0.299. The molecule has 0 bridgehead atoms. The zero-order chi connectivity index (χ0) is 22.4. The van der Waals surface area contributed by atoms with Gasteiger partial charge in [0.1, 0.15) is 16.9 Å². The summed E-state index contributed by atoms with van der Waals surface area (Å²) in [5, 5.41) is 7.81. The maximum atomic E-state index is 14.7. The number of aromatic nitrogens is 5. The van der Waals surface area contributed by atoms with Crippen molar-refractivity contribution in [2.45, 2.75) is 63.0 Å². The van der Waals surface area contributed by atoms with Gasteiger partial charge in [0.15, 0.2) is 5.52 Å². The van der Waals surface area contributed by atoms with Gasteiger partial charge in [-0.1, -0.05) is 0 Å². The fraction of sp³-hybridized carbons (Fsp3) is 0.583. The number of anilines is 2. The highest BCUT2D eigenvalue weighted by molar-refractivity contribution is 5.81. The van der Waals surface area contributed by atoms with Crippen LogP contribution < -0.4 is 10.1 Å². The normalized spacial score (nSPS) is 23.4. The maximum Gasteiger partial charge on any atom is 0.246 e. The summed E-state index contributed by atoms with van der Waals surface area (Å²) < 4.78 is 23.0. The molecule has 0 atom stereocenters. The van der Waals surface area contributed by atoms with Crippen LogP contribution in [0, 0.1) is 11.2 Å². The van der Waals surface area contributed by atoms with Gasteiger partial charge < -0.3 is 15.0 Å². The van der Waals surface area contributed by atoms with E-state index in [4.69, 9.17) is 4.74 Å². The smallest absolute Gasteiger partial charge is 0.246 e. The molecular weight excluding hydrogens is 421 g/mol. The van der Waals surface area contributed by atoms with E-state index in [1.165, 1.54) is 32.0 Å². The first-order valence-electron chi connectivity index (χ1n) is 11.9. The highest BCUT2D eigenvalue weighted by atomic mass is 19.1. The van der Waals surface area contributed by atoms with Crippen LogP contribution in [0.25, 0.3) is 11.0 Å². The molecule has 3 aliphatic carbocycles. The number of halogens is 1. The fourth-order valence-electron chi connectivity index (χ4n) is 5.52. The SMILES string of the molecule is CN1CC2(CC(n3cc(Nc4nc(OC5(C)CC5)c5nc(C6CC6)c(F)cc5n4)cn3)C2)C1. The van der Waals surface area contributed by atoms with Crippen LogP contribution in [-0.4, -0.2) is 55.4 Å². The number of ether oxygens (including phenoxy) is 1. The highest BCUT2D eigenvalue weighted by Crippen LogP contribution is 2.53. The van der Waals surface area contributed by atoms with E-state index in [-0.39, 0.29) is 17.3 Å². The molecule has 3 aromatic rings. The van der Waals surface area contributed by atoms with E-state index in [1.807, 2.05) is 10.9 Å². The molecule has 3 saturated carbocycles. The lowest BCUT2D eigenvalue weighted by Gasteiger charge is -2.58. The molecule has 8 nitrogen and oxygen atoms in total. The Bertz CT molecular complexity index is 1250. The maximum absolute atomic E-state index is 14.7. The van der Waals surface area contributed by atoms with Gasteiger partial charge >= 0.3 is 0 Å². The molecule has 1 spiro atoms. The van der Waals surface area contributed by atoms with Crippen molar-refractivity contribution in [2.75, 3.05) is 25.5 Å². The van der Waals surface area contributed by atoms with Gasteiger partial charge in [-0.2, -0.15) is 10.1 Å². The Morgan fingerprint density at radius 2 is 1.94 bits per heavy atom. The largest absolute Gasteiger partial charge is 0.470 e. The Balaban J connectivity index is 1.16. The topological polar surface area (TPSA) is 81.0 Å². The fourth-order valence-corrected chi connectivity index (χ4v) is 5.52. The number of nitrogens with zero attached hydrogens (tertiary/aromatic N) is 6. The van der Waals surface area contributed by atoms with Crippen LogP contribution in [0.15, 0.2) is 18.5 Å². The molecule has 4 aliphatic rings. The summed E-state index contributed by atoms with van der Waals surface area (Å²) in [6, 6.07) is 1.91. The zero-order valence-corrected chi connectivity index (χ0v) is 19.0. The minimum Gasteiger partial charge on any atom is -0.470 e. The lowest BCUT2D eigenvalue weighted by molar-refractivity contribution is -0.0786. The van der Waals surface area contributed by atoms with Crippen LogP contribution in [0.1, 0.15) is 63.1 Å². The van der Waals surface area contributed by atoms with E-state index < -0.39 is 0 Å². The van der Waals surface area contributed by atoms with Crippen molar-refractivity contribution in [3.05, 3.63) is 30.0 Å². The molecule has 33 heavy (non-hydrogen) atoms. The number of nitrogens with one attached hydrogen (secondary N) is 1. The van der Waals surface area contributed by atoms with Crippen LogP contribution in [0.3, 0.4) is 0 Å². The van der Waals surface area contributed by atoms with Crippen LogP contribution >= 0.6 is 0 Å². The van der Waals surface area contributed by atoms with Gasteiger partial charge in [0.05, 0.1) is 23.6 Å². The van der Waals surface area contributed by atoms with Crippen molar-refractivity contribution in [1.82, 2.24) is 29.6 Å². The summed E-state index contributed by atoms with van der Waals surface area (Å²) in [6.07, 6.45) is 10.1. The molecule has 0 aromatic carbocycles. The van der Waals surface area contributed by atoms with Crippen molar-refractivity contribution < 1.29 is 9.13 Å². The first-order valence-corrected chi connectivity index (χ1v) is 11.9. The Kier molecular flexibility index (Phi) is 3.94. The van der Waals surface area contributed by atoms with Gasteiger partial charge in [-0.3, -0.25) is 4.68 Å². The second kappa shape index (κ2) is 6.62.